The highest BCUT2D eigenvalue weighted by atomic mass is 19.4. The Morgan fingerprint density at radius 1 is 1.13 bits per heavy atom. The van der Waals surface area contributed by atoms with E-state index in [9.17, 15) is 27.9 Å². The number of carbonyl (C=O) groups excluding carboxylic acids is 1. The topological polar surface area (TPSA) is 98.2 Å². The lowest BCUT2D eigenvalue weighted by atomic mass is 9.82. The summed E-state index contributed by atoms with van der Waals surface area (Å²) in [4.78, 5) is 30.7. The zero-order valence-corrected chi connectivity index (χ0v) is 21.3. The third-order valence-electron chi connectivity index (χ3n) is 6.51. The molecule has 1 heterocycles. The van der Waals surface area contributed by atoms with Gasteiger partial charge in [-0.15, -0.1) is 0 Å². The minimum absolute atomic E-state index is 0.0372. The van der Waals surface area contributed by atoms with E-state index in [1.165, 1.54) is 19.1 Å². The van der Waals surface area contributed by atoms with Crippen molar-refractivity contribution >= 4 is 17.6 Å². The molecule has 0 spiro atoms. The van der Waals surface area contributed by atoms with E-state index in [1.807, 2.05) is 0 Å². The Balaban J connectivity index is 2.10. The van der Waals surface area contributed by atoms with Crippen LogP contribution in [-0.4, -0.2) is 55.4 Å². The van der Waals surface area contributed by atoms with E-state index in [-0.39, 0.29) is 18.9 Å². The number of aromatic nitrogens is 1. The van der Waals surface area contributed by atoms with Crippen molar-refractivity contribution in [3.8, 4) is 11.6 Å². The van der Waals surface area contributed by atoms with Crippen molar-refractivity contribution in [1.82, 2.24) is 4.98 Å². The molecule has 0 bridgehead atoms. The first kappa shape index (κ1) is 29.3. The van der Waals surface area contributed by atoms with E-state index in [2.05, 4.69) is 11.9 Å². The number of amides is 1. The van der Waals surface area contributed by atoms with Crippen LogP contribution in [0.1, 0.15) is 48.5 Å². The normalized spacial score (nSPS) is 17.9. The van der Waals surface area contributed by atoms with Crippen LogP contribution in [0.5, 0.6) is 11.6 Å². The molecule has 1 N–H and O–H groups in total. The molecule has 1 saturated carbocycles. The molecule has 1 aromatic carbocycles. The molecular weight excluding hydrogens is 512 g/mol. The quantitative estimate of drug-likeness (QED) is 0.393. The fourth-order valence-corrected chi connectivity index (χ4v) is 4.56. The first-order valence-corrected chi connectivity index (χ1v) is 12.1. The number of hydrogen-bond donors (Lipinski definition) is 1. The molecule has 0 atom stereocenters. The van der Waals surface area contributed by atoms with Crippen LogP contribution >= 0.6 is 0 Å². The first-order valence-electron chi connectivity index (χ1n) is 12.1. The number of carboxylic acid groups (broad SMARTS) is 1. The van der Waals surface area contributed by atoms with Gasteiger partial charge in [0, 0.05) is 38.5 Å². The number of ether oxygens (including phenoxy) is 3. The van der Waals surface area contributed by atoms with Crippen LogP contribution in [0.3, 0.4) is 0 Å². The molecule has 3 rings (SSSR count). The Kier molecular flexibility index (Phi) is 9.66. The number of carbonyl (C=O) groups is 2. The van der Waals surface area contributed by atoms with E-state index in [0.29, 0.717) is 24.8 Å². The number of hydrogen-bond acceptors (Lipinski definition) is 6. The van der Waals surface area contributed by atoms with Crippen molar-refractivity contribution in [2.75, 3.05) is 32.3 Å². The van der Waals surface area contributed by atoms with Gasteiger partial charge in [-0.1, -0.05) is 6.92 Å². The number of carboxylic acids is 1. The Hall–Kier alpha value is -3.25. The van der Waals surface area contributed by atoms with Gasteiger partial charge in [0.15, 0.2) is 11.6 Å². The maximum atomic E-state index is 15.3. The Morgan fingerprint density at radius 2 is 1.76 bits per heavy atom. The number of pyridine rings is 1. The first-order chi connectivity index (χ1) is 18.0. The highest BCUT2D eigenvalue weighted by molar-refractivity contribution is 6.03. The minimum Gasteiger partial charge on any atom is -0.478 e. The van der Waals surface area contributed by atoms with Crippen molar-refractivity contribution in [3.05, 3.63) is 47.4 Å². The average molecular weight is 543 g/mol. The smallest absolute Gasteiger partial charge is 0.421 e. The minimum atomic E-state index is -4.84. The van der Waals surface area contributed by atoms with Crippen molar-refractivity contribution in [2.45, 2.75) is 44.8 Å². The number of benzene rings is 1. The molecule has 0 aliphatic heterocycles. The predicted molar refractivity (Wildman–Crippen MR) is 129 cm³/mol. The van der Waals surface area contributed by atoms with Crippen LogP contribution in [0.25, 0.3) is 0 Å². The molecule has 1 amide bonds. The summed E-state index contributed by atoms with van der Waals surface area (Å²) in [6.45, 7) is 2.01. The molecule has 38 heavy (non-hydrogen) atoms. The summed E-state index contributed by atoms with van der Waals surface area (Å²) in [6, 6.07) is 2.48. The lowest BCUT2D eigenvalue weighted by Gasteiger charge is -2.36. The lowest BCUT2D eigenvalue weighted by Crippen LogP contribution is -2.49. The molecule has 2 aromatic rings. The van der Waals surface area contributed by atoms with Gasteiger partial charge in [0.2, 0.25) is 11.8 Å². The van der Waals surface area contributed by atoms with E-state index < -0.39 is 58.6 Å². The monoisotopic (exact) mass is 542 g/mol. The summed E-state index contributed by atoms with van der Waals surface area (Å²) < 4.78 is 71.1. The Labute approximate surface area is 217 Å². The largest absolute Gasteiger partial charge is 0.478 e. The van der Waals surface area contributed by atoms with Crippen LogP contribution in [0.4, 0.5) is 23.2 Å². The molecular formula is C26H30F4N2O6. The average Bonchev–Trinajstić information content (AvgIpc) is 2.86. The fourth-order valence-electron chi connectivity index (χ4n) is 4.56. The molecule has 8 nitrogen and oxygen atoms in total. The molecule has 208 valence electrons. The summed E-state index contributed by atoms with van der Waals surface area (Å²) in [6.07, 6.45) is -1.04. The lowest BCUT2D eigenvalue weighted by molar-refractivity contribution is -0.139. The van der Waals surface area contributed by atoms with E-state index in [0.717, 1.165) is 37.2 Å². The predicted octanol–water partition coefficient (Wildman–Crippen LogP) is 5.55. The molecule has 12 heteroatoms. The number of nitrogens with zero attached hydrogens (tertiary/aromatic N) is 2. The van der Waals surface area contributed by atoms with Gasteiger partial charge in [0.05, 0.1) is 30.5 Å². The van der Waals surface area contributed by atoms with Crippen LogP contribution < -0.4 is 9.64 Å². The zero-order valence-electron chi connectivity index (χ0n) is 21.3. The second kappa shape index (κ2) is 12.5. The number of methoxy groups -OCH3 is 2. The van der Waals surface area contributed by atoms with Gasteiger partial charge in [-0.3, -0.25) is 4.79 Å². The van der Waals surface area contributed by atoms with Gasteiger partial charge in [0.1, 0.15) is 5.56 Å². The highest BCUT2D eigenvalue weighted by Crippen LogP contribution is 2.39. The number of anilines is 1. The summed E-state index contributed by atoms with van der Waals surface area (Å²) >= 11 is 0. The van der Waals surface area contributed by atoms with Crippen molar-refractivity contribution in [2.24, 2.45) is 11.8 Å². The second-order valence-corrected chi connectivity index (χ2v) is 9.29. The van der Waals surface area contributed by atoms with E-state index in [4.69, 9.17) is 14.2 Å². The van der Waals surface area contributed by atoms with Crippen LogP contribution in [0.15, 0.2) is 30.5 Å². The van der Waals surface area contributed by atoms with Gasteiger partial charge in [-0.25, -0.2) is 14.2 Å². The third-order valence-corrected chi connectivity index (χ3v) is 6.51. The maximum Gasteiger partial charge on any atom is 0.421 e. The van der Waals surface area contributed by atoms with E-state index >= 15 is 4.39 Å². The van der Waals surface area contributed by atoms with Crippen molar-refractivity contribution < 1.29 is 46.5 Å². The molecule has 1 aromatic heterocycles. The highest BCUT2D eigenvalue weighted by Gasteiger charge is 2.37. The summed E-state index contributed by atoms with van der Waals surface area (Å²) in [5, 5.41) is 9.97. The maximum absolute atomic E-state index is 15.3. The molecule has 1 aliphatic carbocycles. The van der Waals surface area contributed by atoms with Gasteiger partial charge in [0.25, 0.3) is 0 Å². The third kappa shape index (κ3) is 6.79. The standard InChI is InChI=1S/C26H30F4N2O6/c1-15-6-8-16(9-7-15)24(33)32(17(13-36-2)14-37-3)21-12-20(27)22(11-18(21)25(34)35)38-23-19(26(28,29)30)5-4-10-31-23/h4-5,10-12,15-17H,6-9,13-14H2,1-3H3,(H,34,35). The zero-order chi connectivity index (χ0) is 28.0. The number of rotatable bonds is 10. The van der Waals surface area contributed by atoms with E-state index in [1.54, 1.807) is 0 Å². The van der Waals surface area contributed by atoms with Crippen LogP contribution in [0, 0.1) is 17.7 Å². The second-order valence-electron chi connectivity index (χ2n) is 9.29. The van der Waals surface area contributed by atoms with Crippen LogP contribution in [-0.2, 0) is 20.4 Å². The van der Waals surface area contributed by atoms with Gasteiger partial charge in [-0.05, 0) is 43.7 Å². The number of alkyl halides is 3. The summed E-state index contributed by atoms with van der Waals surface area (Å²) in [5.41, 5.74) is -2.08. The summed E-state index contributed by atoms with van der Waals surface area (Å²) in [7, 11) is 2.79. The molecule has 0 saturated heterocycles. The molecule has 0 unspecified atom stereocenters. The number of aromatic carboxylic acids is 1. The molecule has 0 radical (unpaired) electrons. The van der Waals surface area contributed by atoms with Gasteiger partial charge < -0.3 is 24.2 Å². The SMILES string of the molecule is COCC(COC)N(C(=O)C1CCC(C)CC1)c1cc(F)c(Oc2ncccc2C(F)(F)F)cc1C(=O)O. The van der Waals surface area contributed by atoms with Crippen molar-refractivity contribution in [1.29, 1.82) is 0 Å². The Bertz CT molecular complexity index is 1130. The van der Waals surface area contributed by atoms with Gasteiger partial charge in [-0.2, -0.15) is 13.2 Å². The molecule has 1 aliphatic rings. The summed E-state index contributed by atoms with van der Waals surface area (Å²) in [5.74, 6) is -4.83. The fraction of sp³-hybridized carbons (Fsp3) is 0.500. The van der Waals surface area contributed by atoms with Crippen LogP contribution in [0.2, 0.25) is 0 Å². The Morgan fingerprint density at radius 3 is 2.32 bits per heavy atom. The van der Waals surface area contributed by atoms with Gasteiger partial charge >= 0.3 is 12.1 Å². The molecule has 1 fully saturated rings. The van der Waals surface area contributed by atoms with Crippen molar-refractivity contribution in [3.63, 3.8) is 0 Å². The number of halogens is 4.